The third kappa shape index (κ3) is 3.68. The van der Waals surface area contributed by atoms with E-state index >= 15 is 0 Å². The van der Waals surface area contributed by atoms with E-state index in [0.717, 1.165) is 9.75 Å². The van der Waals surface area contributed by atoms with Crippen LogP contribution in [0.25, 0.3) is 16.8 Å². The molecule has 4 nitrogen and oxygen atoms in total. The molecule has 106 valence electrons. The van der Waals surface area contributed by atoms with E-state index in [9.17, 15) is 4.79 Å². The van der Waals surface area contributed by atoms with E-state index in [1.54, 1.807) is 35.0 Å². The summed E-state index contributed by atoms with van der Waals surface area (Å²) in [5.41, 5.74) is 0.705. The van der Waals surface area contributed by atoms with Crippen LogP contribution in [0.15, 0.2) is 51.8 Å². The molecule has 1 amide bonds. The van der Waals surface area contributed by atoms with Crippen LogP contribution in [0.3, 0.4) is 0 Å². The molecule has 0 saturated carbocycles. The number of oxazole rings is 1. The summed E-state index contributed by atoms with van der Waals surface area (Å²) in [6.45, 7) is 0.350. The summed E-state index contributed by atoms with van der Waals surface area (Å²) in [4.78, 5) is 18.1. The lowest BCUT2D eigenvalue weighted by Crippen LogP contribution is -2.20. The Morgan fingerprint density at radius 3 is 2.90 bits per heavy atom. The second kappa shape index (κ2) is 6.51. The van der Waals surface area contributed by atoms with Gasteiger partial charge in [-0.05, 0) is 29.0 Å². The van der Waals surface area contributed by atoms with Gasteiger partial charge in [-0.25, -0.2) is 4.98 Å². The van der Waals surface area contributed by atoms with Crippen LogP contribution in [0.1, 0.15) is 10.6 Å². The van der Waals surface area contributed by atoms with Crippen LogP contribution in [-0.4, -0.2) is 10.9 Å². The lowest BCUT2D eigenvalue weighted by atomic mass is 10.4. The van der Waals surface area contributed by atoms with Crippen molar-refractivity contribution in [3.05, 3.63) is 57.9 Å². The zero-order chi connectivity index (χ0) is 14.5. The normalized spacial score (nSPS) is 11.0. The molecule has 0 radical (unpaired) electrons. The standard InChI is InChI=1S/C15H12N2O2S2/c18-14(6-5-12-3-1-7-20-12)16-9-11-10-19-15(17-11)13-4-2-8-21-13/h1-8,10H,9H2,(H,16,18)/b6-5-. The summed E-state index contributed by atoms with van der Waals surface area (Å²) >= 11 is 3.15. The predicted molar refractivity (Wildman–Crippen MR) is 85.0 cm³/mol. The van der Waals surface area contributed by atoms with Gasteiger partial charge in [-0.3, -0.25) is 4.79 Å². The van der Waals surface area contributed by atoms with E-state index in [2.05, 4.69) is 10.3 Å². The molecule has 0 saturated heterocycles. The summed E-state index contributed by atoms with van der Waals surface area (Å²) in [5.74, 6) is 0.437. The number of aromatic nitrogens is 1. The minimum atomic E-state index is -0.149. The Labute approximate surface area is 129 Å². The van der Waals surface area contributed by atoms with E-state index in [0.29, 0.717) is 18.1 Å². The Morgan fingerprint density at radius 2 is 2.14 bits per heavy atom. The van der Waals surface area contributed by atoms with Gasteiger partial charge in [0.05, 0.1) is 17.1 Å². The van der Waals surface area contributed by atoms with Gasteiger partial charge in [-0.15, -0.1) is 22.7 Å². The molecule has 0 fully saturated rings. The van der Waals surface area contributed by atoms with Crippen LogP contribution in [0.4, 0.5) is 0 Å². The number of carbonyl (C=O) groups excluding carboxylic acids is 1. The van der Waals surface area contributed by atoms with Gasteiger partial charge in [-0.1, -0.05) is 12.1 Å². The first-order valence-electron chi connectivity index (χ1n) is 6.29. The molecule has 1 N–H and O–H groups in total. The van der Waals surface area contributed by atoms with Crippen molar-refractivity contribution in [2.45, 2.75) is 6.54 Å². The second-order valence-electron chi connectivity index (χ2n) is 4.19. The summed E-state index contributed by atoms with van der Waals surface area (Å²) in [5, 5.41) is 6.72. The summed E-state index contributed by atoms with van der Waals surface area (Å²) in [6.07, 6.45) is 4.88. The predicted octanol–water partition coefficient (Wildman–Crippen LogP) is 3.79. The number of hydrogen-bond donors (Lipinski definition) is 1. The van der Waals surface area contributed by atoms with E-state index in [-0.39, 0.29) is 5.91 Å². The van der Waals surface area contributed by atoms with Gasteiger partial charge in [0.15, 0.2) is 0 Å². The van der Waals surface area contributed by atoms with Gasteiger partial charge in [-0.2, -0.15) is 0 Å². The Hall–Kier alpha value is -2.18. The number of rotatable bonds is 5. The Kier molecular flexibility index (Phi) is 4.28. The lowest BCUT2D eigenvalue weighted by Gasteiger charge is -1.97. The molecule has 3 aromatic rings. The highest BCUT2D eigenvalue weighted by Gasteiger charge is 2.07. The van der Waals surface area contributed by atoms with E-state index in [1.807, 2.05) is 35.0 Å². The lowest BCUT2D eigenvalue weighted by molar-refractivity contribution is -0.116. The van der Waals surface area contributed by atoms with Gasteiger partial charge in [0.1, 0.15) is 6.26 Å². The first-order chi connectivity index (χ1) is 10.3. The SMILES string of the molecule is O=C(/C=C\c1cccs1)NCc1coc(-c2cccs2)n1. The van der Waals surface area contributed by atoms with Crippen LogP contribution < -0.4 is 5.32 Å². The number of nitrogens with zero attached hydrogens (tertiary/aromatic N) is 1. The van der Waals surface area contributed by atoms with Crippen molar-refractivity contribution in [2.24, 2.45) is 0 Å². The highest BCUT2D eigenvalue weighted by molar-refractivity contribution is 7.13. The minimum absolute atomic E-state index is 0.149. The Balaban J connectivity index is 1.54. The van der Waals surface area contributed by atoms with Gasteiger partial charge >= 0.3 is 0 Å². The van der Waals surface area contributed by atoms with E-state index in [4.69, 9.17) is 4.42 Å². The average Bonchev–Trinajstić information content (AvgIpc) is 3.24. The molecule has 3 aromatic heterocycles. The van der Waals surface area contributed by atoms with Crippen molar-refractivity contribution < 1.29 is 9.21 Å². The van der Waals surface area contributed by atoms with Crippen molar-refractivity contribution in [3.63, 3.8) is 0 Å². The molecular weight excluding hydrogens is 304 g/mol. The van der Waals surface area contributed by atoms with Gasteiger partial charge < -0.3 is 9.73 Å². The highest BCUT2D eigenvalue weighted by atomic mass is 32.1. The number of hydrogen-bond acceptors (Lipinski definition) is 5. The van der Waals surface area contributed by atoms with Gasteiger partial charge in [0.2, 0.25) is 11.8 Å². The third-order valence-electron chi connectivity index (χ3n) is 2.67. The number of nitrogens with one attached hydrogen (secondary N) is 1. The highest BCUT2D eigenvalue weighted by Crippen LogP contribution is 2.23. The van der Waals surface area contributed by atoms with Crippen LogP contribution in [0, 0.1) is 0 Å². The first-order valence-corrected chi connectivity index (χ1v) is 8.05. The monoisotopic (exact) mass is 316 g/mol. The summed E-state index contributed by atoms with van der Waals surface area (Å²) < 4.78 is 5.39. The minimum Gasteiger partial charge on any atom is -0.443 e. The average molecular weight is 316 g/mol. The maximum Gasteiger partial charge on any atom is 0.244 e. The quantitative estimate of drug-likeness (QED) is 0.729. The van der Waals surface area contributed by atoms with Crippen molar-refractivity contribution in [2.75, 3.05) is 0 Å². The van der Waals surface area contributed by atoms with Crippen molar-refractivity contribution in [3.8, 4) is 10.8 Å². The van der Waals surface area contributed by atoms with Crippen LogP contribution in [-0.2, 0) is 11.3 Å². The van der Waals surface area contributed by atoms with Crippen molar-refractivity contribution in [1.82, 2.24) is 10.3 Å². The van der Waals surface area contributed by atoms with Gasteiger partial charge in [0.25, 0.3) is 0 Å². The fourth-order valence-corrected chi connectivity index (χ4v) is 2.96. The van der Waals surface area contributed by atoms with Crippen LogP contribution >= 0.6 is 22.7 Å². The molecule has 3 rings (SSSR count). The van der Waals surface area contributed by atoms with Crippen LogP contribution in [0.2, 0.25) is 0 Å². The molecule has 0 atom stereocenters. The number of thiophene rings is 2. The van der Waals surface area contributed by atoms with Crippen LogP contribution in [0.5, 0.6) is 0 Å². The zero-order valence-corrected chi connectivity index (χ0v) is 12.6. The first kappa shape index (κ1) is 13.8. The molecule has 0 bridgehead atoms. The topological polar surface area (TPSA) is 55.1 Å². The van der Waals surface area contributed by atoms with Crippen molar-refractivity contribution in [1.29, 1.82) is 0 Å². The summed E-state index contributed by atoms with van der Waals surface area (Å²) in [7, 11) is 0. The molecule has 21 heavy (non-hydrogen) atoms. The number of amides is 1. The fraction of sp³-hybridized carbons (Fsp3) is 0.0667. The fourth-order valence-electron chi connectivity index (χ4n) is 1.68. The Morgan fingerprint density at radius 1 is 1.29 bits per heavy atom. The maximum absolute atomic E-state index is 11.7. The van der Waals surface area contributed by atoms with Crippen molar-refractivity contribution >= 4 is 34.7 Å². The molecule has 0 aromatic carbocycles. The van der Waals surface area contributed by atoms with E-state index < -0.39 is 0 Å². The van der Waals surface area contributed by atoms with Gasteiger partial charge in [0, 0.05) is 11.0 Å². The molecule has 6 heteroatoms. The third-order valence-corrected chi connectivity index (χ3v) is 4.37. The molecule has 0 aliphatic rings. The smallest absolute Gasteiger partial charge is 0.244 e. The number of carbonyl (C=O) groups is 1. The molecule has 0 aliphatic heterocycles. The molecule has 3 heterocycles. The second-order valence-corrected chi connectivity index (χ2v) is 6.11. The maximum atomic E-state index is 11.7. The largest absolute Gasteiger partial charge is 0.443 e. The molecular formula is C15H12N2O2S2. The zero-order valence-electron chi connectivity index (χ0n) is 11.0. The summed E-state index contributed by atoms with van der Waals surface area (Å²) in [6, 6.07) is 7.80. The molecule has 0 unspecified atom stereocenters. The molecule has 0 aliphatic carbocycles. The Bertz CT molecular complexity index is 728. The van der Waals surface area contributed by atoms with E-state index in [1.165, 1.54) is 6.08 Å². The molecule has 0 spiro atoms.